The highest BCUT2D eigenvalue weighted by molar-refractivity contribution is 8.13. The molecule has 1 rings (SSSR count). The van der Waals surface area contributed by atoms with E-state index < -0.39 is 16.7 Å². The van der Waals surface area contributed by atoms with E-state index >= 15 is 0 Å². The van der Waals surface area contributed by atoms with Crippen LogP contribution in [0.15, 0.2) is 11.3 Å². The molecule has 0 aliphatic heterocycles. The Hall–Kier alpha value is -1.10. The van der Waals surface area contributed by atoms with Crippen molar-refractivity contribution in [2.45, 2.75) is 19.0 Å². The topological polar surface area (TPSA) is 97.9 Å². The summed E-state index contributed by atoms with van der Waals surface area (Å²) in [5, 5.41) is 12.7. The summed E-state index contributed by atoms with van der Waals surface area (Å²) in [5.74, 6) is 0. The van der Waals surface area contributed by atoms with E-state index in [0.29, 0.717) is 9.34 Å². The molecule has 116 valence electrons. The Labute approximate surface area is 138 Å². The summed E-state index contributed by atoms with van der Waals surface area (Å²) in [6, 6.07) is 0. The average molecular weight is 373 g/mol. The quantitative estimate of drug-likeness (QED) is 0.264. The van der Waals surface area contributed by atoms with Crippen LogP contribution in [0.4, 0.5) is 4.79 Å². The molecule has 0 radical (unpaired) electrons. The number of thioether (sulfide) groups is 1. The van der Waals surface area contributed by atoms with Gasteiger partial charge in [0.05, 0.1) is 11.6 Å². The van der Waals surface area contributed by atoms with Gasteiger partial charge in [-0.15, -0.1) is 11.3 Å². The number of alkyl halides is 1. The van der Waals surface area contributed by atoms with E-state index in [-0.39, 0.29) is 11.7 Å². The summed E-state index contributed by atoms with van der Waals surface area (Å²) in [4.78, 5) is 28.0. The number of hydrogen-bond donors (Lipinski definition) is 0. The summed E-state index contributed by atoms with van der Waals surface area (Å²) in [6.07, 6.45) is 2.16. The molecule has 21 heavy (non-hydrogen) atoms. The maximum atomic E-state index is 12.0. The number of nitrogens with zero attached hydrogens (tertiary/aromatic N) is 4. The Morgan fingerprint density at radius 1 is 1.76 bits per heavy atom. The molecular formula is C9H10Cl2N4O4S2. The highest BCUT2D eigenvalue weighted by Crippen LogP contribution is 2.21. The van der Waals surface area contributed by atoms with Crippen LogP contribution in [0, 0.1) is 10.1 Å². The molecule has 0 aliphatic carbocycles. The van der Waals surface area contributed by atoms with Gasteiger partial charge in [0.1, 0.15) is 0 Å². The number of thiazole rings is 1. The lowest BCUT2D eigenvalue weighted by atomic mass is 10.5. The molecule has 0 bridgehead atoms. The normalized spacial score (nSPS) is 12.9. The van der Waals surface area contributed by atoms with Crippen molar-refractivity contribution in [3.05, 3.63) is 25.7 Å². The number of carbonyl (C=O) groups excluding carboxylic acids is 1. The fraction of sp³-hybridized carbons (Fsp3) is 0.444. The van der Waals surface area contributed by atoms with E-state index in [2.05, 4.69) is 10.1 Å². The van der Waals surface area contributed by atoms with Gasteiger partial charge >= 0.3 is 6.09 Å². The first-order chi connectivity index (χ1) is 9.83. The van der Waals surface area contributed by atoms with E-state index in [0.717, 1.165) is 28.0 Å². The second kappa shape index (κ2) is 8.37. The molecule has 1 aromatic heterocycles. The van der Waals surface area contributed by atoms with Crippen LogP contribution in [0.1, 0.15) is 11.8 Å². The van der Waals surface area contributed by atoms with Crippen molar-refractivity contribution in [2.75, 3.05) is 6.26 Å². The standard InChI is InChI=1S/C9H10Cl2N4O4S2/c1-5(10)19-9(16)14(8(20-2)13-15(17)18)4-6-3-12-7(11)21-6/h3,5H,4H2,1-2H3/b13-8-. The largest absolute Gasteiger partial charge is 0.430 e. The number of rotatable bonds is 4. The number of halogens is 2. The number of ether oxygens (including phenoxy) is 1. The second-order valence-electron chi connectivity index (χ2n) is 3.42. The minimum Gasteiger partial charge on any atom is -0.430 e. The number of hydrazone groups is 1. The molecule has 8 nitrogen and oxygen atoms in total. The van der Waals surface area contributed by atoms with Crippen molar-refractivity contribution < 1.29 is 14.6 Å². The smallest absolute Gasteiger partial charge is 0.417 e. The Bertz CT molecular complexity index is 552. The first-order valence-electron chi connectivity index (χ1n) is 5.33. The van der Waals surface area contributed by atoms with Crippen LogP contribution in [-0.4, -0.2) is 38.0 Å². The molecule has 1 amide bonds. The highest BCUT2D eigenvalue weighted by atomic mass is 35.5. The van der Waals surface area contributed by atoms with Crippen molar-refractivity contribution in [2.24, 2.45) is 5.10 Å². The van der Waals surface area contributed by atoms with Crippen molar-refractivity contribution in [1.82, 2.24) is 9.88 Å². The van der Waals surface area contributed by atoms with Crippen LogP contribution in [0.2, 0.25) is 4.47 Å². The minimum atomic E-state index is -0.893. The van der Waals surface area contributed by atoms with E-state index in [1.54, 1.807) is 6.26 Å². The first kappa shape index (κ1) is 18.0. The number of carbonyl (C=O) groups is 1. The monoisotopic (exact) mass is 372 g/mol. The number of aromatic nitrogens is 1. The molecule has 1 atom stereocenters. The van der Waals surface area contributed by atoms with Crippen LogP contribution in [0.25, 0.3) is 0 Å². The van der Waals surface area contributed by atoms with Gasteiger partial charge in [-0.25, -0.2) is 24.8 Å². The summed E-state index contributed by atoms with van der Waals surface area (Å²) in [7, 11) is 0. The van der Waals surface area contributed by atoms with E-state index in [1.165, 1.54) is 13.1 Å². The van der Waals surface area contributed by atoms with Crippen molar-refractivity contribution in [1.29, 1.82) is 0 Å². The fourth-order valence-electron chi connectivity index (χ4n) is 1.20. The molecule has 0 aromatic carbocycles. The molecule has 1 heterocycles. The summed E-state index contributed by atoms with van der Waals surface area (Å²) in [5.41, 5.74) is -0.885. The van der Waals surface area contributed by atoms with Crippen LogP contribution < -0.4 is 0 Å². The zero-order chi connectivity index (χ0) is 16.0. The molecule has 0 spiro atoms. The van der Waals surface area contributed by atoms with Gasteiger partial charge in [0.25, 0.3) is 0 Å². The first-order valence-corrected chi connectivity index (χ1v) is 8.18. The van der Waals surface area contributed by atoms with E-state index in [4.69, 9.17) is 27.9 Å². The molecule has 12 heteroatoms. The molecule has 0 fully saturated rings. The fourth-order valence-corrected chi connectivity index (χ4v) is 2.75. The predicted octanol–water partition coefficient (Wildman–Crippen LogP) is 3.23. The van der Waals surface area contributed by atoms with E-state index in [1.807, 2.05) is 0 Å². The number of amidine groups is 1. The second-order valence-corrected chi connectivity index (χ2v) is 6.50. The highest BCUT2D eigenvalue weighted by Gasteiger charge is 2.26. The summed E-state index contributed by atoms with van der Waals surface area (Å²) in [6.45, 7) is 1.44. The van der Waals surface area contributed by atoms with Gasteiger partial charge in [-0.05, 0) is 13.2 Å². The third kappa shape index (κ3) is 6.04. The molecule has 0 saturated heterocycles. The van der Waals surface area contributed by atoms with Gasteiger partial charge in [0, 0.05) is 11.1 Å². The Morgan fingerprint density at radius 3 is 2.86 bits per heavy atom. The minimum absolute atomic E-state index is 0.0135. The number of amides is 1. The lowest BCUT2D eigenvalue weighted by molar-refractivity contribution is -0.485. The van der Waals surface area contributed by atoms with Gasteiger partial charge in [-0.2, -0.15) is 0 Å². The van der Waals surface area contributed by atoms with Gasteiger partial charge < -0.3 is 4.74 Å². The zero-order valence-corrected chi connectivity index (χ0v) is 14.0. The number of nitro groups is 1. The summed E-state index contributed by atoms with van der Waals surface area (Å²) < 4.78 is 5.14. The van der Waals surface area contributed by atoms with Crippen LogP contribution in [0.5, 0.6) is 0 Å². The van der Waals surface area contributed by atoms with Crippen LogP contribution >= 0.6 is 46.3 Å². The van der Waals surface area contributed by atoms with E-state index in [9.17, 15) is 14.9 Å². The molecule has 1 aromatic rings. The van der Waals surface area contributed by atoms with Crippen molar-refractivity contribution in [3.63, 3.8) is 0 Å². The molecule has 0 aliphatic rings. The maximum Gasteiger partial charge on any atom is 0.417 e. The Kier molecular flexibility index (Phi) is 7.15. The third-order valence-corrected chi connectivity index (χ3v) is 3.76. The van der Waals surface area contributed by atoms with Crippen molar-refractivity contribution >= 4 is 57.6 Å². The molecule has 0 saturated carbocycles. The Morgan fingerprint density at radius 2 is 2.43 bits per heavy atom. The molecular weight excluding hydrogens is 363 g/mol. The van der Waals surface area contributed by atoms with Gasteiger partial charge in [-0.3, -0.25) is 0 Å². The average Bonchev–Trinajstić information content (AvgIpc) is 2.78. The third-order valence-electron chi connectivity index (χ3n) is 1.90. The summed E-state index contributed by atoms with van der Waals surface area (Å²) >= 11 is 13.4. The predicted molar refractivity (Wildman–Crippen MR) is 82.4 cm³/mol. The van der Waals surface area contributed by atoms with Gasteiger partial charge in [0.15, 0.2) is 15.1 Å². The molecule has 0 N–H and O–H groups in total. The van der Waals surface area contributed by atoms with Crippen molar-refractivity contribution in [3.8, 4) is 0 Å². The SMILES string of the molecule is CS/C(=N\[N+](=O)[O-])N(Cc1cnc(Cl)s1)C(=O)OC(C)Cl. The lowest BCUT2D eigenvalue weighted by Gasteiger charge is -2.20. The van der Waals surface area contributed by atoms with Gasteiger partial charge in [-0.1, -0.05) is 35.0 Å². The number of hydrogen-bond acceptors (Lipinski definition) is 7. The van der Waals surface area contributed by atoms with Crippen LogP contribution in [0.3, 0.4) is 0 Å². The Balaban J connectivity index is 3.03. The lowest BCUT2D eigenvalue weighted by Crippen LogP contribution is -2.36. The zero-order valence-electron chi connectivity index (χ0n) is 10.9. The van der Waals surface area contributed by atoms with Gasteiger partial charge in [0.2, 0.25) is 5.17 Å². The molecule has 1 unspecified atom stereocenters. The van der Waals surface area contributed by atoms with Crippen LogP contribution in [-0.2, 0) is 11.3 Å². The maximum absolute atomic E-state index is 12.0.